The second kappa shape index (κ2) is 4.46. The molecule has 3 atom stereocenters. The van der Waals surface area contributed by atoms with Crippen LogP contribution in [0.25, 0.3) is 0 Å². The van der Waals surface area contributed by atoms with E-state index in [0.29, 0.717) is 0 Å². The molecule has 112 valence electrons. The summed E-state index contributed by atoms with van der Waals surface area (Å²) in [6.07, 6.45) is 12.7. The van der Waals surface area contributed by atoms with Gasteiger partial charge in [0.1, 0.15) is 0 Å². The predicted octanol–water partition coefficient (Wildman–Crippen LogP) is 3.76. The fourth-order valence-corrected chi connectivity index (χ4v) is 5.36. The van der Waals surface area contributed by atoms with Crippen LogP contribution in [-0.2, 0) is 9.53 Å². The molecule has 1 saturated heterocycles. The summed E-state index contributed by atoms with van der Waals surface area (Å²) >= 11 is 0. The predicted molar refractivity (Wildman–Crippen MR) is 75.4 cm³/mol. The highest BCUT2D eigenvalue weighted by atomic mass is 16.5. The van der Waals surface area contributed by atoms with Gasteiger partial charge in [0, 0.05) is 0 Å². The lowest BCUT2D eigenvalue weighted by molar-refractivity contribution is -0.153. The van der Waals surface area contributed by atoms with Crippen molar-refractivity contribution in [2.75, 3.05) is 0 Å². The van der Waals surface area contributed by atoms with Gasteiger partial charge in [0.25, 0.3) is 0 Å². The SMILES string of the molecule is O=C(O)C1(CC2CCC3(CCCCC3)O2)CC2CC2C1. The van der Waals surface area contributed by atoms with Gasteiger partial charge in [-0.3, -0.25) is 4.79 Å². The van der Waals surface area contributed by atoms with Crippen molar-refractivity contribution in [1.82, 2.24) is 0 Å². The number of carboxylic acid groups (broad SMARTS) is 1. The molecular formula is C17H26O3. The highest BCUT2D eigenvalue weighted by Crippen LogP contribution is 2.62. The quantitative estimate of drug-likeness (QED) is 0.855. The molecule has 4 aliphatic rings. The summed E-state index contributed by atoms with van der Waals surface area (Å²) in [6, 6.07) is 0. The monoisotopic (exact) mass is 278 g/mol. The second-order valence-corrected chi connectivity index (χ2v) is 7.98. The first kappa shape index (κ1) is 13.1. The van der Waals surface area contributed by atoms with Crippen molar-refractivity contribution >= 4 is 5.97 Å². The van der Waals surface area contributed by atoms with Crippen LogP contribution >= 0.6 is 0 Å². The molecule has 4 fully saturated rings. The molecule has 0 aromatic heterocycles. The molecule has 1 spiro atoms. The van der Waals surface area contributed by atoms with Gasteiger partial charge in [-0.15, -0.1) is 0 Å². The molecule has 1 N–H and O–H groups in total. The highest BCUT2D eigenvalue weighted by molar-refractivity contribution is 5.75. The Morgan fingerprint density at radius 3 is 2.45 bits per heavy atom. The van der Waals surface area contributed by atoms with E-state index in [-0.39, 0.29) is 11.7 Å². The van der Waals surface area contributed by atoms with E-state index in [9.17, 15) is 9.90 Å². The van der Waals surface area contributed by atoms with Gasteiger partial charge < -0.3 is 9.84 Å². The lowest BCUT2D eigenvalue weighted by Gasteiger charge is -2.35. The maximum absolute atomic E-state index is 11.8. The van der Waals surface area contributed by atoms with Crippen LogP contribution in [-0.4, -0.2) is 22.8 Å². The molecule has 3 heteroatoms. The van der Waals surface area contributed by atoms with E-state index in [1.54, 1.807) is 0 Å². The van der Waals surface area contributed by atoms with Crippen LogP contribution in [0.15, 0.2) is 0 Å². The normalized spacial score (nSPS) is 45.5. The zero-order valence-corrected chi connectivity index (χ0v) is 12.3. The molecule has 0 aromatic carbocycles. The molecule has 4 rings (SSSR count). The molecule has 0 radical (unpaired) electrons. The number of ether oxygens (including phenoxy) is 1. The van der Waals surface area contributed by atoms with Crippen LogP contribution in [0.5, 0.6) is 0 Å². The van der Waals surface area contributed by atoms with Crippen LogP contribution in [0.1, 0.15) is 70.6 Å². The van der Waals surface area contributed by atoms with Crippen molar-refractivity contribution in [1.29, 1.82) is 0 Å². The van der Waals surface area contributed by atoms with E-state index in [4.69, 9.17) is 4.74 Å². The lowest BCUT2D eigenvalue weighted by Crippen LogP contribution is -2.36. The molecule has 3 nitrogen and oxygen atoms in total. The third-order valence-corrected chi connectivity index (χ3v) is 6.55. The summed E-state index contributed by atoms with van der Waals surface area (Å²) in [5.74, 6) is 0.880. The summed E-state index contributed by atoms with van der Waals surface area (Å²) < 4.78 is 6.41. The Labute approximate surface area is 121 Å². The van der Waals surface area contributed by atoms with Crippen molar-refractivity contribution in [3.05, 3.63) is 0 Å². The van der Waals surface area contributed by atoms with Crippen molar-refractivity contribution in [3.63, 3.8) is 0 Å². The first-order valence-electron chi connectivity index (χ1n) is 8.52. The van der Waals surface area contributed by atoms with Crippen molar-refractivity contribution in [2.45, 2.75) is 82.3 Å². The number of fused-ring (bicyclic) bond motifs is 1. The second-order valence-electron chi connectivity index (χ2n) is 7.98. The Hall–Kier alpha value is -0.570. The summed E-state index contributed by atoms with van der Waals surface area (Å²) in [5.41, 5.74) is -0.317. The average Bonchev–Trinajstić information content (AvgIpc) is 2.87. The lowest BCUT2D eigenvalue weighted by atomic mass is 9.77. The smallest absolute Gasteiger partial charge is 0.309 e. The number of rotatable bonds is 3. The van der Waals surface area contributed by atoms with Gasteiger partial charge in [-0.25, -0.2) is 0 Å². The number of hydrogen-bond acceptors (Lipinski definition) is 2. The van der Waals surface area contributed by atoms with E-state index in [1.807, 2.05) is 0 Å². The number of aliphatic carboxylic acids is 1. The fraction of sp³-hybridized carbons (Fsp3) is 0.941. The molecular weight excluding hydrogens is 252 g/mol. The van der Waals surface area contributed by atoms with Crippen LogP contribution in [0.2, 0.25) is 0 Å². The zero-order valence-electron chi connectivity index (χ0n) is 12.3. The van der Waals surface area contributed by atoms with Crippen molar-refractivity contribution in [3.8, 4) is 0 Å². The molecule has 3 saturated carbocycles. The van der Waals surface area contributed by atoms with Crippen LogP contribution in [0, 0.1) is 17.3 Å². The first-order chi connectivity index (χ1) is 9.61. The van der Waals surface area contributed by atoms with Crippen molar-refractivity contribution < 1.29 is 14.6 Å². The summed E-state index contributed by atoms with van der Waals surface area (Å²) in [4.78, 5) is 11.8. The number of hydrogen-bond donors (Lipinski definition) is 1. The molecule has 20 heavy (non-hydrogen) atoms. The summed E-state index contributed by atoms with van der Waals surface area (Å²) in [6.45, 7) is 0. The minimum atomic E-state index is -0.558. The number of carbonyl (C=O) groups is 1. The molecule has 3 unspecified atom stereocenters. The Bertz CT molecular complexity index is 400. The molecule has 1 aliphatic heterocycles. The van der Waals surface area contributed by atoms with Crippen LogP contribution in [0.3, 0.4) is 0 Å². The average molecular weight is 278 g/mol. The Morgan fingerprint density at radius 1 is 1.10 bits per heavy atom. The van der Waals surface area contributed by atoms with Gasteiger partial charge in [0.2, 0.25) is 0 Å². The van der Waals surface area contributed by atoms with Gasteiger partial charge in [0.15, 0.2) is 0 Å². The Morgan fingerprint density at radius 2 is 1.80 bits per heavy atom. The Kier molecular flexibility index (Phi) is 2.93. The van der Waals surface area contributed by atoms with Crippen molar-refractivity contribution in [2.24, 2.45) is 17.3 Å². The molecule has 1 heterocycles. The third-order valence-electron chi connectivity index (χ3n) is 6.55. The first-order valence-corrected chi connectivity index (χ1v) is 8.52. The maximum atomic E-state index is 11.8. The maximum Gasteiger partial charge on any atom is 0.309 e. The highest BCUT2D eigenvalue weighted by Gasteiger charge is 2.58. The third kappa shape index (κ3) is 2.09. The molecule has 0 bridgehead atoms. The van der Waals surface area contributed by atoms with Crippen LogP contribution < -0.4 is 0 Å². The topological polar surface area (TPSA) is 46.5 Å². The molecule has 0 amide bonds. The van der Waals surface area contributed by atoms with Gasteiger partial charge in [-0.1, -0.05) is 19.3 Å². The minimum Gasteiger partial charge on any atom is -0.481 e. The minimum absolute atomic E-state index is 0.129. The van der Waals surface area contributed by atoms with Gasteiger partial charge in [-0.05, 0) is 63.2 Å². The van der Waals surface area contributed by atoms with Crippen LogP contribution in [0.4, 0.5) is 0 Å². The van der Waals surface area contributed by atoms with E-state index in [1.165, 1.54) is 44.9 Å². The zero-order chi connectivity index (χ0) is 13.8. The molecule has 0 aromatic rings. The Balaban J connectivity index is 1.42. The standard InChI is InChI=1S/C17H26O3/c18-15(19)16(9-12-8-13(12)10-16)11-14-4-7-17(20-14)5-2-1-3-6-17/h12-14H,1-11H2,(H,18,19). The van der Waals surface area contributed by atoms with E-state index >= 15 is 0 Å². The largest absolute Gasteiger partial charge is 0.481 e. The number of carboxylic acids is 1. The van der Waals surface area contributed by atoms with E-state index < -0.39 is 11.4 Å². The van der Waals surface area contributed by atoms with Gasteiger partial charge in [-0.2, -0.15) is 0 Å². The van der Waals surface area contributed by atoms with Gasteiger partial charge >= 0.3 is 5.97 Å². The summed E-state index contributed by atoms with van der Waals surface area (Å²) in [5, 5.41) is 9.71. The molecule has 3 aliphatic carbocycles. The summed E-state index contributed by atoms with van der Waals surface area (Å²) in [7, 11) is 0. The van der Waals surface area contributed by atoms with E-state index in [0.717, 1.165) is 37.5 Å². The fourth-order valence-electron chi connectivity index (χ4n) is 5.36. The van der Waals surface area contributed by atoms with Gasteiger partial charge in [0.05, 0.1) is 17.1 Å². The van der Waals surface area contributed by atoms with E-state index in [2.05, 4.69) is 0 Å².